The number of nitrogens with two attached hydrogens (primary N) is 1. The number of rotatable bonds is 11. The number of hydrogen-bond acceptors (Lipinski definition) is 6. The molecule has 2 aromatic heterocycles. The van der Waals surface area contributed by atoms with Gasteiger partial charge in [0.25, 0.3) is 5.91 Å². The van der Waals surface area contributed by atoms with Crippen molar-refractivity contribution < 1.29 is 13.6 Å². The molecule has 1 atom stereocenters. The minimum atomic E-state index is -1.11. The van der Waals surface area contributed by atoms with E-state index < -0.39 is 23.9 Å². The van der Waals surface area contributed by atoms with E-state index in [1.165, 1.54) is 22.9 Å². The fourth-order valence-electron chi connectivity index (χ4n) is 4.95. The standard InChI is InChI=1S/C31H31F2N7O/c1-36-19-21-4-2-6-25(14-21)40-28(16-24(17-32)39-40)30(41)38-27-15-22(10-11-26(27)33)31(35,13-12-20-8-9-20)29-7-3-5-23(18-34)37-29/h2-7,10-11,14-16,20,36H,8-9,12-13,17,19,35H2,1H3,(H,38,41). The van der Waals surface area contributed by atoms with Gasteiger partial charge in [-0.15, -0.1) is 0 Å². The molecule has 1 fully saturated rings. The van der Waals surface area contributed by atoms with Crippen LogP contribution in [-0.2, 0) is 18.8 Å². The number of amides is 1. The Morgan fingerprint density at radius 1 is 1.17 bits per heavy atom. The van der Waals surface area contributed by atoms with Crippen molar-refractivity contribution in [2.24, 2.45) is 11.7 Å². The van der Waals surface area contributed by atoms with Crippen molar-refractivity contribution in [3.63, 3.8) is 0 Å². The van der Waals surface area contributed by atoms with Crippen molar-refractivity contribution in [1.29, 1.82) is 5.26 Å². The van der Waals surface area contributed by atoms with Gasteiger partial charge in [0.1, 0.15) is 29.9 Å². The molecule has 1 aliphatic carbocycles. The number of hydrogen-bond donors (Lipinski definition) is 3. The van der Waals surface area contributed by atoms with Gasteiger partial charge in [0.2, 0.25) is 0 Å². The molecule has 5 rings (SSSR count). The third-order valence-electron chi connectivity index (χ3n) is 7.36. The highest BCUT2D eigenvalue weighted by Gasteiger charge is 2.35. The second-order valence-corrected chi connectivity index (χ2v) is 10.4. The normalized spacial score (nSPS) is 14.3. The molecule has 4 N–H and O–H groups in total. The van der Waals surface area contributed by atoms with Crippen LogP contribution in [0.5, 0.6) is 0 Å². The molecule has 1 saturated carbocycles. The van der Waals surface area contributed by atoms with Crippen LogP contribution in [0.1, 0.15) is 64.4 Å². The van der Waals surface area contributed by atoms with Gasteiger partial charge >= 0.3 is 0 Å². The van der Waals surface area contributed by atoms with Crippen molar-refractivity contribution in [2.45, 2.75) is 44.4 Å². The minimum absolute atomic E-state index is 0.0557. The zero-order chi connectivity index (χ0) is 29.0. The Morgan fingerprint density at radius 3 is 2.71 bits per heavy atom. The van der Waals surface area contributed by atoms with E-state index in [4.69, 9.17) is 5.73 Å². The Morgan fingerprint density at radius 2 is 1.98 bits per heavy atom. The van der Waals surface area contributed by atoms with Gasteiger partial charge in [0, 0.05) is 6.54 Å². The smallest absolute Gasteiger partial charge is 0.274 e. The molecule has 10 heteroatoms. The van der Waals surface area contributed by atoms with Gasteiger partial charge in [-0.1, -0.05) is 37.1 Å². The fourth-order valence-corrected chi connectivity index (χ4v) is 4.95. The summed E-state index contributed by atoms with van der Waals surface area (Å²) in [6.07, 6.45) is 3.66. The van der Waals surface area contributed by atoms with Crippen molar-refractivity contribution >= 4 is 11.6 Å². The first kappa shape index (κ1) is 28.1. The molecule has 41 heavy (non-hydrogen) atoms. The lowest BCUT2D eigenvalue weighted by Gasteiger charge is -2.30. The average Bonchev–Trinajstić information content (AvgIpc) is 3.73. The maximum Gasteiger partial charge on any atom is 0.274 e. The predicted molar refractivity (Wildman–Crippen MR) is 151 cm³/mol. The summed E-state index contributed by atoms with van der Waals surface area (Å²) in [5, 5.41) is 19.4. The van der Waals surface area contributed by atoms with Crippen LogP contribution in [0.3, 0.4) is 0 Å². The highest BCUT2D eigenvalue weighted by Crippen LogP contribution is 2.40. The molecule has 1 aliphatic rings. The Bertz CT molecular complexity index is 1610. The molecule has 0 bridgehead atoms. The zero-order valence-electron chi connectivity index (χ0n) is 22.7. The van der Waals surface area contributed by atoms with Crippen LogP contribution >= 0.6 is 0 Å². The Hall–Kier alpha value is -4.46. The van der Waals surface area contributed by atoms with Gasteiger partial charge in [-0.25, -0.2) is 18.4 Å². The van der Waals surface area contributed by atoms with E-state index in [-0.39, 0.29) is 22.8 Å². The van der Waals surface area contributed by atoms with Crippen LogP contribution in [0.2, 0.25) is 0 Å². The number of carbonyl (C=O) groups excluding carboxylic acids is 1. The lowest BCUT2D eigenvalue weighted by atomic mass is 9.82. The van der Waals surface area contributed by atoms with E-state index in [0.717, 1.165) is 24.8 Å². The van der Waals surface area contributed by atoms with Crippen molar-refractivity contribution in [2.75, 3.05) is 12.4 Å². The van der Waals surface area contributed by atoms with Gasteiger partial charge in [0.05, 0.1) is 28.3 Å². The zero-order valence-corrected chi connectivity index (χ0v) is 22.7. The van der Waals surface area contributed by atoms with E-state index in [1.807, 2.05) is 31.3 Å². The van der Waals surface area contributed by atoms with Crippen LogP contribution in [0.25, 0.3) is 5.69 Å². The van der Waals surface area contributed by atoms with Gasteiger partial charge in [-0.3, -0.25) is 4.79 Å². The maximum absolute atomic E-state index is 15.1. The van der Waals surface area contributed by atoms with E-state index in [9.17, 15) is 14.4 Å². The largest absolute Gasteiger partial charge is 0.318 e. The summed E-state index contributed by atoms with van der Waals surface area (Å²) in [7, 11) is 1.82. The molecule has 2 aromatic carbocycles. The van der Waals surface area contributed by atoms with Crippen LogP contribution < -0.4 is 16.4 Å². The molecule has 2 heterocycles. The Kier molecular flexibility index (Phi) is 8.19. The van der Waals surface area contributed by atoms with E-state index in [0.29, 0.717) is 35.8 Å². The lowest BCUT2D eigenvalue weighted by Crippen LogP contribution is -2.39. The van der Waals surface area contributed by atoms with Gasteiger partial charge in [-0.2, -0.15) is 10.4 Å². The Balaban J connectivity index is 1.49. The van der Waals surface area contributed by atoms with Crippen molar-refractivity contribution in [3.05, 3.63) is 106 Å². The summed E-state index contributed by atoms with van der Waals surface area (Å²) < 4.78 is 30.1. The molecule has 8 nitrogen and oxygen atoms in total. The third-order valence-corrected chi connectivity index (χ3v) is 7.36. The number of alkyl halides is 1. The Labute approximate surface area is 237 Å². The number of nitriles is 1. The average molecular weight is 556 g/mol. The molecule has 0 radical (unpaired) electrons. The molecular weight excluding hydrogens is 524 g/mol. The number of benzene rings is 2. The number of nitrogens with one attached hydrogen (secondary N) is 2. The first-order valence-electron chi connectivity index (χ1n) is 13.5. The van der Waals surface area contributed by atoms with Gasteiger partial charge in [0.15, 0.2) is 0 Å². The van der Waals surface area contributed by atoms with Crippen LogP contribution in [-0.4, -0.2) is 27.7 Å². The van der Waals surface area contributed by atoms with Crippen LogP contribution in [0.4, 0.5) is 14.5 Å². The van der Waals surface area contributed by atoms with Crippen LogP contribution in [0.15, 0.2) is 66.7 Å². The monoisotopic (exact) mass is 555 g/mol. The van der Waals surface area contributed by atoms with E-state index in [2.05, 4.69) is 20.7 Å². The second-order valence-electron chi connectivity index (χ2n) is 10.4. The summed E-state index contributed by atoms with van der Waals surface area (Å²) >= 11 is 0. The molecule has 0 aliphatic heterocycles. The molecule has 1 amide bonds. The number of pyridine rings is 1. The topological polar surface area (TPSA) is 122 Å². The summed E-state index contributed by atoms with van der Waals surface area (Å²) in [5.41, 5.74) is 8.73. The summed E-state index contributed by atoms with van der Waals surface area (Å²) in [4.78, 5) is 17.9. The first-order valence-corrected chi connectivity index (χ1v) is 13.5. The van der Waals surface area contributed by atoms with Gasteiger partial charge in [-0.05, 0) is 79.4 Å². The summed E-state index contributed by atoms with van der Waals surface area (Å²) in [6, 6.07) is 20.2. The number of halogens is 2. The second kappa shape index (κ2) is 12.0. The quantitative estimate of drug-likeness (QED) is 0.236. The molecule has 1 unspecified atom stereocenters. The van der Waals surface area contributed by atoms with Crippen molar-refractivity contribution in [1.82, 2.24) is 20.1 Å². The maximum atomic E-state index is 15.1. The minimum Gasteiger partial charge on any atom is -0.318 e. The SMILES string of the molecule is CNCc1cccc(-n2nc(CF)cc2C(=O)Nc2cc(C(N)(CCC3CC3)c3cccc(C#N)n3)ccc2F)c1. The lowest BCUT2D eigenvalue weighted by molar-refractivity contribution is 0.101. The number of anilines is 1. The molecule has 0 saturated heterocycles. The summed E-state index contributed by atoms with van der Waals surface area (Å²) in [6.45, 7) is -0.267. The highest BCUT2D eigenvalue weighted by atomic mass is 19.1. The third kappa shape index (κ3) is 6.16. The number of aromatic nitrogens is 3. The molecule has 210 valence electrons. The first-order chi connectivity index (χ1) is 19.8. The molecular formula is C31H31F2N7O. The number of nitrogens with zero attached hydrogens (tertiary/aromatic N) is 4. The number of carbonyl (C=O) groups is 1. The molecule has 0 spiro atoms. The molecule has 4 aromatic rings. The van der Waals surface area contributed by atoms with Gasteiger partial charge < -0.3 is 16.4 Å². The fraction of sp³-hybridized carbons (Fsp3) is 0.290. The highest BCUT2D eigenvalue weighted by molar-refractivity contribution is 6.03. The van der Waals surface area contributed by atoms with E-state index >= 15 is 4.39 Å². The van der Waals surface area contributed by atoms with E-state index in [1.54, 1.807) is 30.3 Å². The van der Waals surface area contributed by atoms with Crippen LogP contribution in [0, 0.1) is 23.1 Å². The van der Waals surface area contributed by atoms with Crippen molar-refractivity contribution in [3.8, 4) is 11.8 Å². The predicted octanol–water partition coefficient (Wildman–Crippen LogP) is 5.11. The summed E-state index contributed by atoms with van der Waals surface area (Å²) in [5.74, 6) is -0.732.